The number of carbonyl (C=O) groups is 2. The first-order chi connectivity index (χ1) is 17.3. The van der Waals surface area contributed by atoms with E-state index in [4.69, 9.17) is 14.2 Å². The van der Waals surface area contributed by atoms with E-state index in [0.717, 1.165) is 10.0 Å². The summed E-state index contributed by atoms with van der Waals surface area (Å²) in [6.45, 7) is 0. The van der Waals surface area contributed by atoms with Crippen LogP contribution in [0.15, 0.2) is 71.2 Å². The highest BCUT2D eigenvalue weighted by atomic mass is 79.9. The van der Waals surface area contributed by atoms with Crippen molar-refractivity contribution in [1.29, 1.82) is 0 Å². The number of carbonyl (C=O) groups excluding carboxylic acids is 2. The molecule has 1 saturated carbocycles. The normalized spacial score (nSPS) is 26.4. The number of methoxy groups -OCH3 is 3. The molecule has 1 N–H and O–H groups in total. The van der Waals surface area contributed by atoms with Crippen LogP contribution >= 0.6 is 15.9 Å². The lowest BCUT2D eigenvalue weighted by Gasteiger charge is -2.47. The van der Waals surface area contributed by atoms with Crippen molar-refractivity contribution in [1.82, 2.24) is 0 Å². The average Bonchev–Trinajstić information content (AvgIpc) is 3.07. The molecule has 0 spiro atoms. The largest absolute Gasteiger partial charge is 0.497 e. The lowest BCUT2D eigenvalue weighted by molar-refractivity contribution is -0.160. The minimum Gasteiger partial charge on any atom is -0.497 e. The van der Waals surface area contributed by atoms with Gasteiger partial charge in [0.2, 0.25) is 5.78 Å². The van der Waals surface area contributed by atoms with Gasteiger partial charge in [-0.1, -0.05) is 58.4 Å². The maximum Gasteiger partial charge on any atom is 0.313 e. The summed E-state index contributed by atoms with van der Waals surface area (Å²) in [5.41, 5.74) is -1.53. The van der Waals surface area contributed by atoms with Gasteiger partial charge in [-0.25, -0.2) is 0 Å². The number of Topliss-reactive ketones (excluding diaryl/α,β-unsaturated/α-hetero) is 1. The number of hydrogen-bond donors (Lipinski definition) is 1. The van der Waals surface area contributed by atoms with E-state index in [1.165, 1.54) is 21.3 Å². The molecule has 0 aromatic heterocycles. The third-order valence-corrected chi connectivity index (χ3v) is 8.13. The van der Waals surface area contributed by atoms with Gasteiger partial charge in [-0.3, -0.25) is 9.59 Å². The summed E-state index contributed by atoms with van der Waals surface area (Å²) < 4.78 is 17.2. The molecule has 1 heterocycles. The fourth-order valence-electron chi connectivity index (χ4n) is 6.11. The van der Waals surface area contributed by atoms with Crippen molar-refractivity contribution in [3.8, 4) is 11.5 Å². The predicted octanol–water partition coefficient (Wildman–Crippen LogP) is 4.15. The molecule has 3 aromatic rings. The van der Waals surface area contributed by atoms with Crippen LogP contribution in [-0.4, -0.2) is 45.2 Å². The number of rotatable bonds is 5. The fourth-order valence-corrected chi connectivity index (χ4v) is 6.38. The first-order valence-corrected chi connectivity index (χ1v) is 12.2. The standard InChI is InChI=1S/C28H26BrNO6/c1-30-20-14-19(34-2)15-21(35-3)23(20)28(33)24(25(31)36-4)22(16-8-6-5-7-9-16)27(30,26(28)32)17-10-12-18(29)13-11-17/h5-15,22,24,33H,1-4H3/t22-,24-,27?,28+/m1/s1. The van der Waals surface area contributed by atoms with E-state index in [1.54, 1.807) is 19.2 Å². The van der Waals surface area contributed by atoms with Crippen LogP contribution < -0.4 is 14.4 Å². The summed E-state index contributed by atoms with van der Waals surface area (Å²) in [6.07, 6.45) is 0. The van der Waals surface area contributed by atoms with E-state index in [1.807, 2.05) is 59.5 Å². The molecule has 2 bridgehead atoms. The highest BCUT2D eigenvalue weighted by molar-refractivity contribution is 9.10. The van der Waals surface area contributed by atoms with Crippen LogP contribution in [0.5, 0.6) is 11.5 Å². The van der Waals surface area contributed by atoms with E-state index in [9.17, 15) is 14.7 Å². The third-order valence-electron chi connectivity index (χ3n) is 7.61. The molecule has 0 saturated heterocycles. The Hall–Kier alpha value is -3.36. The molecule has 36 heavy (non-hydrogen) atoms. The van der Waals surface area contributed by atoms with E-state index in [2.05, 4.69) is 15.9 Å². The van der Waals surface area contributed by atoms with Gasteiger partial charge in [0, 0.05) is 29.6 Å². The molecular formula is C28H26BrNO6. The van der Waals surface area contributed by atoms with Crippen LogP contribution in [0.25, 0.3) is 0 Å². The molecule has 8 heteroatoms. The molecule has 2 aliphatic rings. The number of ether oxygens (including phenoxy) is 3. The van der Waals surface area contributed by atoms with E-state index in [0.29, 0.717) is 17.0 Å². The first kappa shape index (κ1) is 24.3. The van der Waals surface area contributed by atoms with Crippen molar-refractivity contribution in [2.75, 3.05) is 33.3 Å². The van der Waals surface area contributed by atoms with E-state index >= 15 is 0 Å². The zero-order valence-corrected chi connectivity index (χ0v) is 21.9. The Morgan fingerprint density at radius 3 is 2.25 bits per heavy atom. The second kappa shape index (κ2) is 8.64. The Balaban J connectivity index is 1.96. The number of anilines is 1. The van der Waals surface area contributed by atoms with Gasteiger partial charge in [-0.15, -0.1) is 0 Å². The van der Waals surface area contributed by atoms with Crippen LogP contribution in [0.1, 0.15) is 22.6 Å². The Morgan fingerprint density at radius 1 is 1.00 bits per heavy atom. The molecule has 5 rings (SSSR count). The minimum absolute atomic E-state index is 0.222. The molecular weight excluding hydrogens is 526 g/mol. The number of halogens is 1. The molecule has 7 nitrogen and oxygen atoms in total. The number of likely N-dealkylation sites (N-methyl/N-ethyl adjacent to an activating group) is 1. The van der Waals surface area contributed by atoms with Crippen LogP contribution in [-0.2, 0) is 25.5 Å². The van der Waals surface area contributed by atoms with Gasteiger partial charge in [0.05, 0.1) is 32.6 Å². The highest BCUT2D eigenvalue weighted by Crippen LogP contribution is 2.67. The van der Waals surface area contributed by atoms with Crippen molar-refractivity contribution in [2.45, 2.75) is 17.1 Å². The fraction of sp³-hybridized carbons (Fsp3) is 0.286. The topological polar surface area (TPSA) is 85.3 Å². The third kappa shape index (κ3) is 3.01. The summed E-state index contributed by atoms with van der Waals surface area (Å²) in [6, 6.07) is 20.1. The number of aliphatic hydroxyl groups is 1. The Labute approximate surface area is 217 Å². The zero-order chi connectivity index (χ0) is 25.8. The average molecular weight is 552 g/mol. The van der Waals surface area contributed by atoms with Gasteiger partial charge < -0.3 is 24.2 Å². The molecule has 3 aromatic carbocycles. The molecule has 1 fully saturated rings. The zero-order valence-electron chi connectivity index (χ0n) is 20.3. The van der Waals surface area contributed by atoms with Gasteiger partial charge in [-0.05, 0) is 23.3 Å². The van der Waals surface area contributed by atoms with Crippen molar-refractivity contribution in [3.63, 3.8) is 0 Å². The monoisotopic (exact) mass is 551 g/mol. The smallest absolute Gasteiger partial charge is 0.313 e. The highest BCUT2D eigenvalue weighted by Gasteiger charge is 2.76. The summed E-state index contributed by atoms with van der Waals surface area (Å²) in [4.78, 5) is 30.1. The van der Waals surface area contributed by atoms with Gasteiger partial charge in [0.25, 0.3) is 0 Å². The lowest BCUT2D eigenvalue weighted by atomic mass is 9.72. The van der Waals surface area contributed by atoms with Crippen molar-refractivity contribution in [3.05, 3.63) is 87.9 Å². The maximum absolute atomic E-state index is 14.7. The summed E-state index contributed by atoms with van der Waals surface area (Å²) in [5, 5.41) is 12.5. The molecule has 186 valence electrons. The Morgan fingerprint density at radius 2 is 1.67 bits per heavy atom. The maximum atomic E-state index is 14.7. The number of nitrogens with zero attached hydrogens (tertiary/aromatic N) is 1. The van der Waals surface area contributed by atoms with Gasteiger partial charge in [0.15, 0.2) is 5.60 Å². The summed E-state index contributed by atoms with van der Waals surface area (Å²) in [7, 11) is 6.05. The van der Waals surface area contributed by atoms with Crippen LogP contribution in [0.4, 0.5) is 5.69 Å². The van der Waals surface area contributed by atoms with Crippen molar-refractivity contribution >= 4 is 33.4 Å². The SMILES string of the molecule is COC(=O)[C@H]1[C@@H](c2ccccc2)C2(c3ccc(Br)cc3)C(=O)[C@]1(O)c1c(OC)cc(OC)cc1N2C. The molecule has 1 aliphatic heterocycles. The van der Waals surface area contributed by atoms with Crippen LogP contribution in [0.2, 0.25) is 0 Å². The second-order valence-corrected chi connectivity index (χ2v) is 9.96. The van der Waals surface area contributed by atoms with Crippen molar-refractivity contribution in [2.24, 2.45) is 5.92 Å². The van der Waals surface area contributed by atoms with Crippen LogP contribution in [0, 0.1) is 5.92 Å². The van der Waals surface area contributed by atoms with E-state index in [-0.39, 0.29) is 11.3 Å². The number of ketones is 1. The first-order valence-electron chi connectivity index (χ1n) is 11.4. The van der Waals surface area contributed by atoms with Gasteiger partial charge in [0.1, 0.15) is 23.0 Å². The van der Waals surface area contributed by atoms with Crippen molar-refractivity contribution < 1.29 is 28.9 Å². The molecule has 1 unspecified atom stereocenters. The van der Waals surface area contributed by atoms with Crippen LogP contribution in [0.3, 0.4) is 0 Å². The molecule has 1 aliphatic carbocycles. The Kier molecular flexibility index (Phi) is 5.84. The second-order valence-electron chi connectivity index (χ2n) is 9.04. The number of esters is 1. The molecule has 4 atom stereocenters. The molecule has 0 amide bonds. The minimum atomic E-state index is -2.22. The quantitative estimate of drug-likeness (QED) is 0.476. The number of hydrogen-bond acceptors (Lipinski definition) is 7. The Bertz CT molecular complexity index is 1340. The lowest BCUT2D eigenvalue weighted by Crippen LogP contribution is -2.57. The van der Waals surface area contributed by atoms with E-state index < -0.39 is 34.7 Å². The summed E-state index contributed by atoms with van der Waals surface area (Å²) >= 11 is 3.48. The number of fused-ring (bicyclic) bond motifs is 4. The number of benzene rings is 3. The van der Waals surface area contributed by atoms with Gasteiger partial charge >= 0.3 is 5.97 Å². The summed E-state index contributed by atoms with van der Waals surface area (Å²) in [5.74, 6) is -2.48. The van der Waals surface area contributed by atoms with Gasteiger partial charge in [-0.2, -0.15) is 0 Å². The molecule has 0 radical (unpaired) electrons. The predicted molar refractivity (Wildman–Crippen MR) is 137 cm³/mol.